The Morgan fingerprint density at radius 1 is 0.745 bits per heavy atom. The molecule has 4 aromatic carbocycles. The van der Waals surface area contributed by atoms with Crippen molar-refractivity contribution in [1.29, 1.82) is 0 Å². The molecule has 2 heterocycles. The summed E-state index contributed by atoms with van der Waals surface area (Å²) >= 11 is 0. The Morgan fingerprint density at radius 2 is 1.43 bits per heavy atom. The number of ether oxygens (including phenoxy) is 2. The molecule has 4 aromatic rings. The van der Waals surface area contributed by atoms with Crippen LogP contribution in [0.1, 0.15) is 73.7 Å². The summed E-state index contributed by atoms with van der Waals surface area (Å²) in [5, 5.41) is 9.61. The van der Waals surface area contributed by atoms with Gasteiger partial charge in [-0.05, 0) is 78.0 Å². The van der Waals surface area contributed by atoms with E-state index in [0.717, 1.165) is 53.0 Å². The van der Waals surface area contributed by atoms with Crippen LogP contribution in [0.25, 0.3) is 11.1 Å². The minimum Gasteiger partial charge on any atom is -0.392 e. The van der Waals surface area contributed by atoms with Gasteiger partial charge in [0.25, 0.3) is 0 Å². The van der Waals surface area contributed by atoms with Gasteiger partial charge < -0.3 is 19.5 Å². The number of aliphatic hydroxyl groups is 1. The second kappa shape index (κ2) is 15.7. The Hall–Kier alpha value is -3.37. The molecule has 47 heavy (non-hydrogen) atoms. The highest BCUT2D eigenvalue weighted by molar-refractivity contribution is 7.89. The van der Waals surface area contributed by atoms with Gasteiger partial charge in [0.2, 0.25) is 10.0 Å². The average Bonchev–Trinajstić information content (AvgIpc) is 3.10. The van der Waals surface area contributed by atoms with E-state index in [2.05, 4.69) is 46.9 Å². The predicted molar refractivity (Wildman–Crippen MR) is 185 cm³/mol. The van der Waals surface area contributed by atoms with Crippen LogP contribution < -0.4 is 4.72 Å². The Labute approximate surface area is 279 Å². The Morgan fingerprint density at radius 3 is 2.15 bits per heavy atom. The Bertz CT molecular complexity index is 1690. The van der Waals surface area contributed by atoms with Crippen molar-refractivity contribution in [3.8, 4) is 11.1 Å². The van der Waals surface area contributed by atoms with E-state index in [0.29, 0.717) is 0 Å². The summed E-state index contributed by atoms with van der Waals surface area (Å²) in [6, 6.07) is 32.7. The van der Waals surface area contributed by atoms with E-state index in [1.165, 1.54) is 32.1 Å². The largest absolute Gasteiger partial charge is 0.392 e. The molecule has 0 saturated carbocycles. The molecule has 2 fully saturated rings. The Kier molecular flexibility index (Phi) is 11.2. The third-order valence-corrected chi connectivity index (χ3v) is 10.9. The molecule has 4 atom stereocenters. The fourth-order valence-corrected chi connectivity index (χ4v) is 7.70. The molecule has 0 amide bonds. The lowest BCUT2D eigenvalue weighted by Gasteiger charge is -2.43. The molecular weight excluding hydrogens is 609 g/mol. The minimum atomic E-state index is -3.61. The van der Waals surface area contributed by atoms with Crippen molar-refractivity contribution in [2.45, 2.75) is 75.6 Å². The molecule has 248 valence electrons. The molecule has 0 aromatic heterocycles. The molecule has 2 aliphatic heterocycles. The van der Waals surface area contributed by atoms with Crippen molar-refractivity contribution in [2.24, 2.45) is 5.92 Å². The second-order valence-electron chi connectivity index (χ2n) is 12.9. The summed E-state index contributed by atoms with van der Waals surface area (Å²) in [5.41, 5.74) is 5.77. The second-order valence-corrected chi connectivity index (χ2v) is 14.6. The molecule has 2 saturated heterocycles. The topological polar surface area (TPSA) is 88.1 Å². The number of nitrogens with one attached hydrogen (secondary N) is 1. The highest BCUT2D eigenvalue weighted by Gasteiger charge is 2.39. The quantitative estimate of drug-likeness (QED) is 0.186. The van der Waals surface area contributed by atoms with Crippen molar-refractivity contribution >= 4 is 10.0 Å². The fourth-order valence-electron chi connectivity index (χ4n) is 6.67. The molecule has 2 N–H and O–H groups in total. The molecule has 0 spiro atoms. The molecule has 7 nitrogen and oxygen atoms in total. The fraction of sp³-hybridized carbons (Fsp3) is 0.385. The normalized spacial score (nSPS) is 22.8. The zero-order valence-corrected chi connectivity index (χ0v) is 27.9. The van der Waals surface area contributed by atoms with Crippen LogP contribution in [-0.4, -0.2) is 44.2 Å². The summed E-state index contributed by atoms with van der Waals surface area (Å²) in [6.07, 6.45) is 5.63. The predicted octanol–water partition coefficient (Wildman–Crippen LogP) is 7.38. The zero-order chi connectivity index (χ0) is 32.6. The van der Waals surface area contributed by atoms with Gasteiger partial charge in [0.1, 0.15) is 0 Å². The van der Waals surface area contributed by atoms with Crippen molar-refractivity contribution in [3.63, 3.8) is 0 Å². The van der Waals surface area contributed by atoms with Crippen molar-refractivity contribution in [1.82, 2.24) is 9.62 Å². The number of benzene rings is 4. The summed E-state index contributed by atoms with van der Waals surface area (Å²) in [6.45, 7) is 5.49. The van der Waals surface area contributed by atoms with E-state index in [1.54, 1.807) is 30.3 Å². The van der Waals surface area contributed by atoms with Crippen molar-refractivity contribution in [2.75, 3.05) is 19.6 Å². The Balaban J connectivity index is 1.23. The number of likely N-dealkylation sites (tertiary alicyclic amines) is 1. The van der Waals surface area contributed by atoms with Crippen LogP contribution >= 0.6 is 0 Å². The molecule has 8 heteroatoms. The smallest absolute Gasteiger partial charge is 0.240 e. The maximum absolute atomic E-state index is 12.8. The van der Waals surface area contributed by atoms with E-state index < -0.39 is 16.3 Å². The highest BCUT2D eigenvalue weighted by Crippen LogP contribution is 2.42. The molecule has 0 bridgehead atoms. The van der Waals surface area contributed by atoms with Gasteiger partial charge in [0, 0.05) is 24.6 Å². The number of nitrogens with zero attached hydrogens (tertiary/aromatic N) is 1. The average molecular weight is 655 g/mol. The SMILES string of the molecule is C[C@H]1[C@@H](CN2CCCCCCC2)O[C@@H](c2cccc(-c3cccc(CNS(=O)(=O)c4ccccc4)c3)c2)O[C@H]1c1ccc(CO)cc1. The first-order valence-corrected chi connectivity index (χ1v) is 18.3. The molecule has 0 unspecified atom stereocenters. The van der Waals surface area contributed by atoms with Gasteiger partial charge in [0.05, 0.1) is 23.7 Å². The minimum absolute atomic E-state index is 0.0115. The number of hydrogen-bond acceptors (Lipinski definition) is 6. The molecule has 0 radical (unpaired) electrons. The number of rotatable bonds is 10. The first kappa shape index (κ1) is 33.5. The molecule has 2 aliphatic rings. The van der Waals surface area contributed by atoms with E-state index in [1.807, 2.05) is 42.5 Å². The van der Waals surface area contributed by atoms with Crippen LogP contribution in [0.4, 0.5) is 0 Å². The van der Waals surface area contributed by atoms with Crippen LogP contribution in [0.2, 0.25) is 0 Å². The number of hydrogen-bond donors (Lipinski definition) is 2. The van der Waals surface area contributed by atoms with Gasteiger partial charge in [-0.2, -0.15) is 0 Å². The maximum Gasteiger partial charge on any atom is 0.240 e. The summed E-state index contributed by atoms with van der Waals surface area (Å²) in [7, 11) is -3.61. The first-order valence-electron chi connectivity index (χ1n) is 16.9. The van der Waals surface area contributed by atoms with Crippen LogP contribution in [0.5, 0.6) is 0 Å². The maximum atomic E-state index is 12.8. The number of sulfonamides is 1. The van der Waals surface area contributed by atoms with Gasteiger partial charge in [0.15, 0.2) is 6.29 Å². The molecule has 6 rings (SSSR count). The monoisotopic (exact) mass is 654 g/mol. The lowest BCUT2D eigenvalue weighted by Crippen LogP contribution is -2.45. The van der Waals surface area contributed by atoms with Gasteiger partial charge in [-0.1, -0.05) is 105 Å². The molecule has 0 aliphatic carbocycles. The van der Waals surface area contributed by atoms with Gasteiger partial charge in [-0.15, -0.1) is 0 Å². The van der Waals surface area contributed by atoms with Crippen molar-refractivity contribution < 1.29 is 23.0 Å². The van der Waals surface area contributed by atoms with Crippen LogP contribution in [-0.2, 0) is 32.6 Å². The van der Waals surface area contributed by atoms with E-state index in [9.17, 15) is 13.5 Å². The third-order valence-electron chi connectivity index (χ3n) is 9.45. The van der Waals surface area contributed by atoms with Crippen LogP contribution in [0.3, 0.4) is 0 Å². The highest BCUT2D eigenvalue weighted by atomic mass is 32.2. The van der Waals surface area contributed by atoms with E-state index >= 15 is 0 Å². The van der Waals surface area contributed by atoms with Gasteiger partial charge in [-0.3, -0.25) is 0 Å². The lowest BCUT2D eigenvalue weighted by atomic mass is 9.89. The lowest BCUT2D eigenvalue weighted by molar-refractivity contribution is -0.276. The first-order chi connectivity index (χ1) is 22.9. The summed E-state index contributed by atoms with van der Waals surface area (Å²) < 4.78 is 41.9. The third kappa shape index (κ3) is 8.57. The van der Waals surface area contributed by atoms with Crippen molar-refractivity contribution in [3.05, 3.63) is 125 Å². The zero-order valence-electron chi connectivity index (χ0n) is 27.1. The van der Waals surface area contributed by atoms with E-state index in [4.69, 9.17) is 9.47 Å². The standard InChI is InChI=1S/C39H46N2O5S/c1-29-37(27-41-22-8-3-2-4-9-23-41)45-39(46-38(29)32-20-18-30(28-42)19-21-32)35-15-11-14-34(25-35)33-13-10-12-31(24-33)26-40-47(43,44)36-16-6-5-7-17-36/h5-7,10-21,24-25,29,37-40,42H,2-4,8-9,22-23,26-28H2,1H3/t29-,37+,38+,39+/m0/s1. The summed E-state index contributed by atoms with van der Waals surface area (Å²) in [4.78, 5) is 2.82. The van der Waals surface area contributed by atoms with Gasteiger partial charge in [-0.25, -0.2) is 13.1 Å². The van der Waals surface area contributed by atoms with Crippen LogP contribution in [0, 0.1) is 5.92 Å². The summed E-state index contributed by atoms with van der Waals surface area (Å²) in [5.74, 6) is 0.135. The van der Waals surface area contributed by atoms with E-state index in [-0.39, 0.29) is 36.2 Å². The number of aliphatic hydroxyl groups excluding tert-OH is 1. The van der Waals surface area contributed by atoms with Gasteiger partial charge >= 0.3 is 0 Å². The molecular formula is C39H46N2O5S. The van der Waals surface area contributed by atoms with Crippen LogP contribution in [0.15, 0.2) is 108 Å².